The van der Waals surface area contributed by atoms with E-state index in [2.05, 4.69) is 0 Å². The second-order valence-electron chi connectivity index (χ2n) is 4.91. The van der Waals surface area contributed by atoms with Gasteiger partial charge in [-0.2, -0.15) is 13.2 Å². The first-order valence-electron chi connectivity index (χ1n) is 6.58. The number of hydrogen-bond acceptors (Lipinski definition) is 2. The molecule has 1 N–H and O–H groups in total. The van der Waals surface area contributed by atoms with Gasteiger partial charge in [0.25, 0.3) is 0 Å². The van der Waals surface area contributed by atoms with Gasteiger partial charge in [0.2, 0.25) is 0 Å². The van der Waals surface area contributed by atoms with Crippen LogP contribution in [0.5, 0.6) is 0 Å². The van der Waals surface area contributed by atoms with E-state index in [0.717, 1.165) is 31.7 Å². The third-order valence-electron chi connectivity index (χ3n) is 3.50. The van der Waals surface area contributed by atoms with Crippen molar-refractivity contribution in [3.8, 4) is 0 Å². The van der Waals surface area contributed by atoms with Crippen molar-refractivity contribution in [2.45, 2.75) is 38.5 Å². The van der Waals surface area contributed by atoms with Crippen molar-refractivity contribution >= 4 is 5.69 Å². The van der Waals surface area contributed by atoms with Gasteiger partial charge in [-0.05, 0) is 30.5 Å². The molecule has 2 rings (SSSR count). The van der Waals surface area contributed by atoms with Gasteiger partial charge < -0.3 is 10.0 Å². The predicted octanol–water partition coefficient (Wildman–Crippen LogP) is 3.58. The lowest BCUT2D eigenvalue weighted by Crippen LogP contribution is -2.26. The number of hydrogen-bond donors (Lipinski definition) is 1. The van der Waals surface area contributed by atoms with Crippen molar-refractivity contribution < 1.29 is 18.3 Å². The third kappa shape index (κ3) is 3.41. The van der Waals surface area contributed by atoms with E-state index in [0.29, 0.717) is 18.7 Å². The van der Waals surface area contributed by atoms with Crippen molar-refractivity contribution in [1.29, 1.82) is 0 Å². The first-order valence-corrected chi connectivity index (χ1v) is 6.58. The van der Waals surface area contributed by atoms with Crippen LogP contribution in [0.25, 0.3) is 0 Å². The fourth-order valence-electron chi connectivity index (χ4n) is 2.50. The lowest BCUT2D eigenvalue weighted by Gasteiger charge is -2.26. The summed E-state index contributed by atoms with van der Waals surface area (Å²) in [6.45, 7) is 0.965. The summed E-state index contributed by atoms with van der Waals surface area (Å²) in [6, 6.07) is 4.11. The number of anilines is 1. The Balaban J connectivity index is 2.37. The summed E-state index contributed by atoms with van der Waals surface area (Å²) in [5.41, 5.74) is -0.0987. The van der Waals surface area contributed by atoms with Crippen LogP contribution in [0.3, 0.4) is 0 Å². The summed E-state index contributed by atoms with van der Waals surface area (Å²) in [7, 11) is 0. The topological polar surface area (TPSA) is 23.5 Å². The van der Waals surface area contributed by atoms with Crippen LogP contribution in [-0.2, 0) is 12.8 Å². The van der Waals surface area contributed by atoms with Crippen molar-refractivity contribution in [1.82, 2.24) is 0 Å². The highest BCUT2D eigenvalue weighted by Gasteiger charge is 2.35. The quantitative estimate of drug-likeness (QED) is 0.890. The average molecular weight is 273 g/mol. The molecule has 19 heavy (non-hydrogen) atoms. The predicted molar refractivity (Wildman–Crippen MR) is 68.0 cm³/mol. The van der Waals surface area contributed by atoms with E-state index in [4.69, 9.17) is 5.11 Å². The molecule has 0 aliphatic carbocycles. The lowest BCUT2D eigenvalue weighted by atomic mass is 10.1. The van der Waals surface area contributed by atoms with E-state index in [1.165, 1.54) is 6.07 Å². The number of halogens is 3. The minimum Gasteiger partial charge on any atom is -0.392 e. The molecule has 1 aromatic carbocycles. The van der Waals surface area contributed by atoms with Crippen LogP contribution in [-0.4, -0.2) is 18.2 Å². The van der Waals surface area contributed by atoms with Crippen molar-refractivity contribution in [2.24, 2.45) is 0 Å². The molecule has 1 fully saturated rings. The molecule has 0 atom stereocenters. The zero-order valence-electron chi connectivity index (χ0n) is 10.7. The van der Waals surface area contributed by atoms with Crippen molar-refractivity contribution in [3.63, 3.8) is 0 Å². The van der Waals surface area contributed by atoms with Gasteiger partial charge in [0.05, 0.1) is 12.2 Å². The maximum Gasteiger partial charge on any atom is 0.418 e. The molecule has 0 radical (unpaired) electrons. The van der Waals surface area contributed by atoms with Crippen LogP contribution >= 0.6 is 0 Å². The molecular weight excluding hydrogens is 255 g/mol. The number of rotatable bonds is 2. The normalized spacial score (nSPS) is 17.4. The molecule has 0 amide bonds. The monoisotopic (exact) mass is 273 g/mol. The Bertz CT molecular complexity index is 423. The number of benzene rings is 1. The third-order valence-corrected chi connectivity index (χ3v) is 3.50. The van der Waals surface area contributed by atoms with Gasteiger partial charge in [0.1, 0.15) is 0 Å². The minimum atomic E-state index is -4.38. The minimum absolute atomic E-state index is 0.242. The van der Waals surface area contributed by atoms with E-state index in [-0.39, 0.29) is 12.3 Å². The molecule has 2 nitrogen and oxygen atoms in total. The van der Waals surface area contributed by atoms with E-state index >= 15 is 0 Å². The molecule has 1 aliphatic rings. The standard InChI is InChI=1S/C14H18F3NO/c15-14(16,17)12-9-11(10-19)5-6-13(12)18-7-3-1-2-4-8-18/h5-6,9,19H,1-4,7-8,10H2. The lowest BCUT2D eigenvalue weighted by molar-refractivity contribution is -0.137. The fourth-order valence-corrected chi connectivity index (χ4v) is 2.50. The SMILES string of the molecule is OCc1ccc(N2CCCCCC2)c(C(F)(F)F)c1. The smallest absolute Gasteiger partial charge is 0.392 e. The maximum absolute atomic E-state index is 13.1. The Kier molecular flexibility index (Phi) is 4.34. The Hall–Kier alpha value is -1.23. The summed E-state index contributed by atoms with van der Waals surface area (Å²) in [6.07, 6.45) is -0.371. The van der Waals surface area contributed by atoms with Gasteiger partial charge in [-0.3, -0.25) is 0 Å². The molecule has 1 aromatic rings. The number of alkyl halides is 3. The van der Waals surface area contributed by atoms with Crippen LogP contribution in [0, 0.1) is 0 Å². The van der Waals surface area contributed by atoms with Crippen LogP contribution in [0.1, 0.15) is 36.8 Å². The zero-order chi connectivity index (χ0) is 13.9. The maximum atomic E-state index is 13.1. The summed E-state index contributed by atoms with van der Waals surface area (Å²) < 4.78 is 39.3. The first-order chi connectivity index (χ1) is 9.02. The van der Waals surface area contributed by atoms with Gasteiger partial charge >= 0.3 is 6.18 Å². The second kappa shape index (κ2) is 5.82. The zero-order valence-corrected chi connectivity index (χ0v) is 10.7. The summed E-state index contributed by atoms with van der Waals surface area (Å²) >= 11 is 0. The number of aliphatic hydroxyl groups excluding tert-OH is 1. The Labute approximate surface area is 110 Å². The molecule has 106 valence electrons. The average Bonchev–Trinajstić information content (AvgIpc) is 2.65. The highest BCUT2D eigenvalue weighted by atomic mass is 19.4. The summed E-state index contributed by atoms with van der Waals surface area (Å²) in [5.74, 6) is 0. The highest BCUT2D eigenvalue weighted by Crippen LogP contribution is 2.38. The molecule has 1 aliphatic heterocycles. The Morgan fingerprint density at radius 1 is 1.05 bits per heavy atom. The van der Waals surface area contributed by atoms with E-state index in [1.807, 2.05) is 4.90 Å². The summed E-state index contributed by atoms with van der Waals surface area (Å²) in [5, 5.41) is 8.99. The molecule has 0 unspecified atom stereocenters. The molecule has 0 saturated carbocycles. The van der Waals surface area contributed by atoms with E-state index in [1.54, 1.807) is 6.07 Å². The van der Waals surface area contributed by atoms with Crippen molar-refractivity contribution in [3.05, 3.63) is 29.3 Å². The van der Waals surface area contributed by atoms with Crippen LogP contribution in [0.2, 0.25) is 0 Å². The van der Waals surface area contributed by atoms with E-state index in [9.17, 15) is 13.2 Å². The highest BCUT2D eigenvalue weighted by molar-refractivity contribution is 5.56. The summed E-state index contributed by atoms with van der Waals surface area (Å²) in [4.78, 5) is 1.82. The number of aliphatic hydroxyl groups is 1. The molecule has 5 heteroatoms. The molecule has 0 bridgehead atoms. The number of nitrogens with zero attached hydrogens (tertiary/aromatic N) is 1. The Morgan fingerprint density at radius 2 is 1.68 bits per heavy atom. The van der Waals surface area contributed by atoms with Gasteiger partial charge in [-0.25, -0.2) is 0 Å². The molecule has 1 saturated heterocycles. The van der Waals surface area contributed by atoms with Gasteiger partial charge in [-0.15, -0.1) is 0 Å². The Morgan fingerprint density at radius 3 is 2.21 bits per heavy atom. The van der Waals surface area contributed by atoms with Crippen LogP contribution < -0.4 is 4.90 Å². The van der Waals surface area contributed by atoms with Gasteiger partial charge in [0, 0.05) is 18.8 Å². The van der Waals surface area contributed by atoms with Crippen LogP contribution in [0.4, 0.5) is 18.9 Å². The molecule has 0 spiro atoms. The van der Waals surface area contributed by atoms with E-state index < -0.39 is 11.7 Å². The first kappa shape index (κ1) is 14.2. The van der Waals surface area contributed by atoms with Crippen LogP contribution in [0.15, 0.2) is 18.2 Å². The fraction of sp³-hybridized carbons (Fsp3) is 0.571. The largest absolute Gasteiger partial charge is 0.418 e. The molecular formula is C14H18F3NO. The van der Waals surface area contributed by atoms with Crippen molar-refractivity contribution in [2.75, 3.05) is 18.0 Å². The van der Waals surface area contributed by atoms with Gasteiger partial charge in [-0.1, -0.05) is 18.9 Å². The van der Waals surface area contributed by atoms with Gasteiger partial charge in [0.15, 0.2) is 0 Å². The molecule has 0 aromatic heterocycles. The molecule has 1 heterocycles. The second-order valence-corrected chi connectivity index (χ2v) is 4.91.